The minimum atomic E-state index is -0.219. The number of anilines is 2. The zero-order valence-electron chi connectivity index (χ0n) is 12.7. The van der Waals surface area contributed by atoms with Crippen molar-refractivity contribution in [2.24, 2.45) is 16.7 Å². The van der Waals surface area contributed by atoms with E-state index in [1.807, 2.05) is 25.1 Å². The third kappa shape index (κ3) is 2.30. The van der Waals surface area contributed by atoms with Gasteiger partial charge in [-0.2, -0.15) is 10.1 Å². The summed E-state index contributed by atoms with van der Waals surface area (Å²) in [6.45, 7) is 0. The van der Waals surface area contributed by atoms with E-state index in [9.17, 15) is 4.79 Å². The summed E-state index contributed by atoms with van der Waals surface area (Å²) in [5.74, 6) is 5.26. The summed E-state index contributed by atoms with van der Waals surface area (Å²) in [7, 11) is 3.78. The highest BCUT2D eigenvalue weighted by atomic mass is 16.3. The van der Waals surface area contributed by atoms with E-state index in [1.165, 1.54) is 6.07 Å². The number of benzene rings is 1. The quantitative estimate of drug-likeness (QED) is 0.207. The number of hydrazone groups is 1. The molecule has 1 aromatic carbocycles. The Hall–Kier alpha value is -3.29. The van der Waals surface area contributed by atoms with E-state index in [0.29, 0.717) is 16.5 Å². The molecule has 3 rings (SSSR count). The fraction of sp³-hybridized carbons (Fsp3) is 0.133. The maximum absolute atomic E-state index is 12.8. The molecule has 6 N–H and O–H groups in total. The molecular formula is C15H16N6O2. The molecular weight excluding hydrogens is 296 g/mol. The van der Waals surface area contributed by atoms with E-state index in [2.05, 4.69) is 10.1 Å². The van der Waals surface area contributed by atoms with Gasteiger partial charge in [0, 0.05) is 19.8 Å². The van der Waals surface area contributed by atoms with E-state index in [-0.39, 0.29) is 28.2 Å². The van der Waals surface area contributed by atoms with Crippen LogP contribution in [0.25, 0.3) is 22.1 Å². The molecule has 3 aromatic rings. The van der Waals surface area contributed by atoms with Gasteiger partial charge in [0.25, 0.3) is 0 Å². The molecule has 0 amide bonds. The normalized spacial score (nSPS) is 12.0. The van der Waals surface area contributed by atoms with Crippen molar-refractivity contribution in [3.63, 3.8) is 0 Å². The van der Waals surface area contributed by atoms with Crippen molar-refractivity contribution in [3.8, 4) is 0 Å². The van der Waals surface area contributed by atoms with Gasteiger partial charge in [-0.15, -0.1) is 0 Å². The molecule has 0 aliphatic heterocycles. The minimum Gasteiger partial charge on any atom is -0.437 e. The van der Waals surface area contributed by atoms with Gasteiger partial charge in [-0.1, -0.05) is 0 Å². The maximum Gasteiger partial charge on any atom is 0.232 e. The number of amidine groups is 1. The Bertz CT molecular complexity index is 1010. The number of fused-ring (bicyclic) bond motifs is 2. The maximum atomic E-state index is 12.8. The summed E-state index contributed by atoms with van der Waals surface area (Å²) >= 11 is 0. The van der Waals surface area contributed by atoms with Crippen LogP contribution < -0.4 is 27.6 Å². The highest BCUT2D eigenvalue weighted by molar-refractivity contribution is 6.04. The third-order valence-corrected chi connectivity index (χ3v) is 3.61. The predicted molar refractivity (Wildman–Crippen MR) is 91.4 cm³/mol. The van der Waals surface area contributed by atoms with Crippen molar-refractivity contribution in [1.29, 1.82) is 0 Å². The molecule has 0 bridgehead atoms. The molecule has 0 spiro atoms. The lowest BCUT2D eigenvalue weighted by atomic mass is 10.1. The van der Waals surface area contributed by atoms with Crippen LogP contribution in [0.1, 0.15) is 5.56 Å². The van der Waals surface area contributed by atoms with E-state index in [4.69, 9.17) is 21.7 Å². The monoisotopic (exact) mass is 312 g/mol. The van der Waals surface area contributed by atoms with E-state index in [0.717, 1.165) is 5.69 Å². The third-order valence-electron chi connectivity index (χ3n) is 3.61. The standard InChI is InChI=1S/C15H16N6O2/c1-21(2)7-3-4-11-8(5-7)12(22)9-6-10(14(17)20-18)13(16)19-15(9)23-11/h3-6H,18H2,1-2H3,(H2,16,19)(H2,17,20). The Balaban J connectivity index is 2.40. The molecule has 0 saturated carbocycles. The molecule has 8 nitrogen and oxygen atoms in total. The van der Waals surface area contributed by atoms with Crippen LogP contribution in [0.5, 0.6) is 0 Å². The molecule has 2 heterocycles. The topological polar surface area (TPSA) is 137 Å². The van der Waals surface area contributed by atoms with Crippen molar-refractivity contribution in [3.05, 3.63) is 40.1 Å². The molecule has 0 atom stereocenters. The van der Waals surface area contributed by atoms with Gasteiger partial charge in [-0.25, -0.2) is 0 Å². The number of nitrogens with two attached hydrogens (primary N) is 3. The lowest BCUT2D eigenvalue weighted by Crippen LogP contribution is -2.19. The molecule has 2 aromatic heterocycles. The predicted octanol–water partition coefficient (Wildman–Crippen LogP) is 0.568. The summed E-state index contributed by atoms with van der Waals surface area (Å²) < 4.78 is 5.69. The van der Waals surface area contributed by atoms with E-state index >= 15 is 0 Å². The molecule has 23 heavy (non-hydrogen) atoms. The summed E-state index contributed by atoms with van der Waals surface area (Å²) in [6.07, 6.45) is 0. The second-order valence-corrected chi connectivity index (χ2v) is 5.29. The van der Waals surface area contributed by atoms with Crippen LogP contribution in [0, 0.1) is 0 Å². The van der Waals surface area contributed by atoms with Crippen molar-refractivity contribution in [1.82, 2.24) is 4.98 Å². The SMILES string of the molecule is CN(C)c1ccc2oc3nc(N)c(C(N)=NN)cc3c(=O)c2c1. The average molecular weight is 312 g/mol. The molecule has 118 valence electrons. The fourth-order valence-electron chi connectivity index (χ4n) is 2.34. The fourth-order valence-corrected chi connectivity index (χ4v) is 2.34. The Morgan fingerprint density at radius 1 is 1.26 bits per heavy atom. The Morgan fingerprint density at radius 3 is 2.65 bits per heavy atom. The first kappa shape index (κ1) is 14.6. The molecule has 0 aliphatic rings. The van der Waals surface area contributed by atoms with E-state index < -0.39 is 0 Å². The lowest BCUT2D eigenvalue weighted by Gasteiger charge is -2.12. The summed E-state index contributed by atoms with van der Waals surface area (Å²) in [4.78, 5) is 18.8. The van der Waals surface area contributed by atoms with Crippen molar-refractivity contribution >= 4 is 39.4 Å². The first-order valence-corrected chi connectivity index (χ1v) is 6.80. The van der Waals surface area contributed by atoms with Crippen LogP contribution in [0.15, 0.2) is 38.6 Å². The van der Waals surface area contributed by atoms with Crippen LogP contribution in [0.3, 0.4) is 0 Å². The minimum absolute atomic E-state index is 0.00145. The van der Waals surface area contributed by atoms with Crippen molar-refractivity contribution < 1.29 is 4.42 Å². The molecule has 0 fully saturated rings. The van der Waals surface area contributed by atoms with Gasteiger partial charge >= 0.3 is 0 Å². The van der Waals surface area contributed by atoms with Crippen molar-refractivity contribution in [2.75, 3.05) is 24.7 Å². The summed E-state index contributed by atoms with van der Waals surface area (Å²) in [6, 6.07) is 6.84. The second kappa shape index (κ2) is 5.16. The lowest BCUT2D eigenvalue weighted by molar-refractivity contribution is 0.645. The van der Waals surface area contributed by atoms with Crippen LogP contribution in [-0.2, 0) is 0 Å². The van der Waals surface area contributed by atoms with Gasteiger partial charge in [-0.3, -0.25) is 4.79 Å². The van der Waals surface area contributed by atoms with E-state index in [1.54, 1.807) is 12.1 Å². The number of nitrogens with zero attached hydrogens (tertiary/aromatic N) is 3. The smallest absolute Gasteiger partial charge is 0.232 e. The summed E-state index contributed by atoms with van der Waals surface area (Å²) in [5.41, 5.74) is 13.1. The molecule has 0 aliphatic carbocycles. The number of pyridine rings is 1. The number of rotatable bonds is 2. The number of nitrogen functional groups attached to an aromatic ring is 1. The largest absolute Gasteiger partial charge is 0.437 e. The van der Waals surface area contributed by atoms with Gasteiger partial charge in [0.2, 0.25) is 11.1 Å². The zero-order valence-corrected chi connectivity index (χ0v) is 12.7. The van der Waals surface area contributed by atoms with Gasteiger partial charge in [-0.05, 0) is 24.3 Å². The Morgan fingerprint density at radius 2 is 2.00 bits per heavy atom. The number of hydrogen-bond acceptors (Lipinski definition) is 7. The number of aromatic nitrogens is 1. The average Bonchev–Trinajstić information content (AvgIpc) is 2.53. The Labute approximate surface area is 131 Å². The van der Waals surface area contributed by atoms with Crippen LogP contribution in [0.4, 0.5) is 11.5 Å². The van der Waals surface area contributed by atoms with Crippen LogP contribution >= 0.6 is 0 Å². The van der Waals surface area contributed by atoms with Crippen LogP contribution in [-0.4, -0.2) is 24.9 Å². The van der Waals surface area contributed by atoms with Crippen molar-refractivity contribution in [2.45, 2.75) is 0 Å². The highest BCUT2D eigenvalue weighted by Crippen LogP contribution is 2.23. The second-order valence-electron chi connectivity index (χ2n) is 5.29. The zero-order chi connectivity index (χ0) is 16.7. The first-order valence-electron chi connectivity index (χ1n) is 6.80. The highest BCUT2D eigenvalue weighted by Gasteiger charge is 2.14. The molecule has 8 heteroatoms. The van der Waals surface area contributed by atoms with Gasteiger partial charge in [0.1, 0.15) is 11.4 Å². The first-order chi connectivity index (χ1) is 10.9. The van der Waals surface area contributed by atoms with Gasteiger partial charge in [0.15, 0.2) is 5.84 Å². The van der Waals surface area contributed by atoms with Gasteiger partial charge < -0.3 is 26.6 Å². The molecule has 0 unspecified atom stereocenters. The van der Waals surface area contributed by atoms with Gasteiger partial charge in [0.05, 0.1) is 16.3 Å². The molecule has 0 saturated heterocycles. The van der Waals surface area contributed by atoms with Crippen LogP contribution in [0.2, 0.25) is 0 Å². The Kier molecular flexibility index (Phi) is 3.29. The molecule has 0 radical (unpaired) electrons. The summed E-state index contributed by atoms with van der Waals surface area (Å²) in [5, 5.41) is 4.11. The number of hydrogen-bond donors (Lipinski definition) is 3.